The summed E-state index contributed by atoms with van der Waals surface area (Å²) in [5.41, 5.74) is 0. The predicted molar refractivity (Wildman–Crippen MR) is 25.2 cm³/mol. The fraction of sp³-hybridized carbons (Fsp3) is 0.250. The first-order chi connectivity index (χ1) is 2.81. The van der Waals surface area contributed by atoms with Crippen LogP contribution in [0.5, 0.6) is 0 Å². The molecule has 0 amide bonds. The van der Waals surface area contributed by atoms with Gasteiger partial charge in [0.1, 0.15) is 11.1 Å². The fourth-order valence-corrected chi connectivity index (χ4v) is 0.0645. The SMILES string of the molecule is C/C=C(\Cl)C#N. The van der Waals surface area contributed by atoms with E-state index in [2.05, 4.69) is 0 Å². The lowest BCUT2D eigenvalue weighted by molar-refractivity contribution is 1.51. The Morgan fingerprint density at radius 1 is 2.00 bits per heavy atom. The van der Waals surface area contributed by atoms with Crippen molar-refractivity contribution in [2.24, 2.45) is 0 Å². The Kier molecular flexibility index (Phi) is 2.52. The van der Waals surface area contributed by atoms with Gasteiger partial charge in [-0.15, -0.1) is 0 Å². The molecule has 0 fully saturated rings. The molecule has 0 rings (SSSR count). The lowest BCUT2D eigenvalue weighted by Crippen LogP contribution is -1.52. The maximum absolute atomic E-state index is 7.88. The van der Waals surface area contributed by atoms with Crippen LogP contribution in [0.1, 0.15) is 6.92 Å². The molecule has 0 aromatic heterocycles. The van der Waals surface area contributed by atoms with Crippen LogP contribution in [0.3, 0.4) is 0 Å². The highest BCUT2D eigenvalue weighted by Gasteiger charge is 1.75. The lowest BCUT2D eigenvalue weighted by Gasteiger charge is -1.66. The van der Waals surface area contributed by atoms with Crippen LogP contribution in [0.2, 0.25) is 0 Å². The second-order valence-electron chi connectivity index (χ2n) is 0.748. The lowest BCUT2D eigenvalue weighted by atomic mass is 10.6. The summed E-state index contributed by atoms with van der Waals surface area (Å²) in [4.78, 5) is 0. The summed E-state index contributed by atoms with van der Waals surface area (Å²) in [6, 6.07) is 1.74. The molecule has 0 saturated heterocycles. The van der Waals surface area contributed by atoms with Gasteiger partial charge in [-0.05, 0) is 6.92 Å². The summed E-state index contributed by atoms with van der Waals surface area (Å²) in [6.45, 7) is 1.71. The fourth-order valence-electron chi connectivity index (χ4n) is 0.0645. The Bertz CT molecular complexity index is 98.6. The van der Waals surface area contributed by atoms with Crippen LogP contribution < -0.4 is 0 Å². The number of hydrogen-bond donors (Lipinski definition) is 0. The van der Waals surface area contributed by atoms with Gasteiger partial charge < -0.3 is 0 Å². The first kappa shape index (κ1) is 5.52. The van der Waals surface area contributed by atoms with Crippen LogP contribution >= 0.6 is 11.6 Å². The van der Waals surface area contributed by atoms with Gasteiger partial charge in [-0.2, -0.15) is 5.26 Å². The molecule has 0 aliphatic carbocycles. The van der Waals surface area contributed by atoms with Crippen molar-refractivity contribution in [3.63, 3.8) is 0 Å². The summed E-state index contributed by atoms with van der Waals surface area (Å²) >= 11 is 5.15. The van der Waals surface area contributed by atoms with Crippen LogP contribution in [0.15, 0.2) is 11.1 Å². The van der Waals surface area contributed by atoms with Gasteiger partial charge >= 0.3 is 0 Å². The van der Waals surface area contributed by atoms with E-state index in [1.807, 2.05) is 0 Å². The molecule has 32 valence electrons. The van der Waals surface area contributed by atoms with E-state index >= 15 is 0 Å². The monoisotopic (exact) mass is 101 g/mol. The first-order valence-electron chi connectivity index (χ1n) is 1.53. The Balaban J connectivity index is 3.61. The molecule has 0 bridgehead atoms. The Morgan fingerprint density at radius 2 is 2.50 bits per heavy atom. The average Bonchev–Trinajstić information content (AvgIpc) is 1.65. The van der Waals surface area contributed by atoms with Crippen molar-refractivity contribution in [3.8, 4) is 6.07 Å². The quantitative estimate of drug-likeness (QED) is 0.426. The van der Waals surface area contributed by atoms with E-state index in [4.69, 9.17) is 16.9 Å². The van der Waals surface area contributed by atoms with Gasteiger partial charge in [0.25, 0.3) is 0 Å². The van der Waals surface area contributed by atoms with Crippen LogP contribution in [-0.4, -0.2) is 0 Å². The average molecular weight is 102 g/mol. The number of nitriles is 1. The third-order valence-electron chi connectivity index (χ3n) is 0.360. The van der Waals surface area contributed by atoms with Crippen LogP contribution in [0, 0.1) is 11.3 Å². The molecule has 1 nitrogen and oxygen atoms in total. The van der Waals surface area contributed by atoms with Gasteiger partial charge in [-0.3, -0.25) is 0 Å². The van der Waals surface area contributed by atoms with E-state index < -0.39 is 0 Å². The minimum absolute atomic E-state index is 0.245. The third kappa shape index (κ3) is 1.80. The minimum Gasteiger partial charge on any atom is -0.191 e. The number of nitrogens with zero attached hydrogens (tertiary/aromatic N) is 1. The van der Waals surface area contributed by atoms with Gasteiger partial charge in [0.05, 0.1) is 0 Å². The van der Waals surface area contributed by atoms with E-state index in [1.54, 1.807) is 19.1 Å². The summed E-state index contributed by atoms with van der Waals surface area (Å²) in [7, 11) is 0. The molecule has 0 aliphatic rings. The largest absolute Gasteiger partial charge is 0.191 e. The second kappa shape index (κ2) is 2.74. The Morgan fingerprint density at radius 3 is 2.50 bits per heavy atom. The van der Waals surface area contributed by atoms with Crippen molar-refractivity contribution in [2.75, 3.05) is 0 Å². The summed E-state index contributed by atoms with van der Waals surface area (Å²) in [6.07, 6.45) is 1.54. The van der Waals surface area contributed by atoms with E-state index in [1.165, 1.54) is 0 Å². The highest BCUT2D eigenvalue weighted by atomic mass is 35.5. The molecular weight excluding hydrogens is 97.5 g/mol. The summed E-state index contributed by atoms with van der Waals surface area (Å²) < 4.78 is 0. The van der Waals surface area contributed by atoms with E-state index in [0.717, 1.165) is 0 Å². The topological polar surface area (TPSA) is 23.8 Å². The normalized spacial score (nSPS) is 10.5. The highest BCUT2D eigenvalue weighted by molar-refractivity contribution is 6.31. The Hall–Kier alpha value is -0.480. The summed E-state index contributed by atoms with van der Waals surface area (Å²) in [5.74, 6) is 0. The molecule has 0 radical (unpaired) electrons. The van der Waals surface area contributed by atoms with E-state index in [9.17, 15) is 0 Å². The van der Waals surface area contributed by atoms with Crippen LogP contribution in [0.25, 0.3) is 0 Å². The number of allylic oxidation sites excluding steroid dienone is 2. The maximum Gasteiger partial charge on any atom is 0.114 e. The van der Waals surface area contributed by atoms with Crippen molar-refractivity contribution in [3.05, 3.63) is 11.1 Å². The molecule has 0 aromatic rings. The van der Waals surface area contributed by atoms with Crippen LogP contribution in [-0.2, 0) is 0 Å². The molecule has 0 aromatic carbocycles. The third-order valence-corrected chi connectivity index (χ3v) is 0.663. The summed E-state index contributed by atoms with van der Waals surface area (Å²) in [5, 5.41) is 8.13. The molecule has 6 heavy (non-hydrogen) atoms. The highest BCUT2D eigenvalue weighted by Crippen LogP contribution is 1.94. The van der Waals surface area contributed by atoms with Crippen molar-refractivity contribution >= 4 is 11.6 Å². The van der Waals surface area contributed by atoms with Gasteiger partial charge in [0, 0.05) is 0 Å². The molecule has 0 spiro atoms. The zero-order valence-corrected chi connectivity index (χ0v) is 4.16. The zero-order chi connectivity index (χ0) is 4.99. The smallest absolute Gasteiger partial charge is 0.114 e. The van der Waals surface area contributed by atoms with Crippen molar-refractivity contribution in [1.82, 2.24) is 0 Å². The maximum atomic E-state index is 7.88. The van der Waals surface area contributed by atoms with E-state index in [0.29, 0.717) is 0 Å². The second-order valence-corrected chi connectivity index (χ2v) is 1.16. The van der Waals surface area contributed by atoms with Crippen molar-refractivity contribution < 1.29 is 0 Å². The van der Waals surface area contributed by atoms with E-state index in [-0.39, 0.29) is 5.03 Å². The molecular formula is C4H4ClN. The minimum atomic E-state index is 0.245. The van der Waals surface area contributed by atoms with Crippen LogP contribution in [0.4, 0.5) is 0 Å². The number of hydrogen-bond acceptors (Lipinski definition) is 1. The number of halogens is 1. The van der Waals surface area contributed by atoms with Gasteiger partial charge in [0.2, 0.25) is 0 Å². The molecule has 0 unspecified atom stereocenters. The van der Waals surface area contributed by atoms with Gasteiger partial charge in [-0.25, -0.2) is 0 Å². The van der Waals surface area contributed by atoms with Gasteiger partial charge in [0.15, 0.2) is 0 Å². The Labute approximate surface area is 41.8 Å². The van der Waals surface area contributed by atoms with Crippen molar-refractivity contribution in [1.29, 1.82) is 5.26 Å². The van der Waals surface area contributed by atoms with Gasteiger partial charge in [-0.1, -0.05) is 17.7 Å². The molecule has 2 heteroatoms. The standard InChI is InChI=1S/C4H4ClN/c1-2-4(5)3-6/h2H,1H3/b4-2-. The molecule has 0 aliphatic heterocycles. The van der Waals surface area contributed by atoms with Crippen molar-refractivity contribution in [2.45, 2.75) is 6.92 Å². The molecule has 0 saturated carbocycles. The predicted octanol–water partition coefficient (Wildman–Crippen LogP) is 1.65. The molecule has 0 heterocycles. The zero-order valence-electron chi connectivity index (χ0n) is 3.40. The number of rotatable bonds is 0. The molecule has 0 atom stereocenters. The first-order valence-corrected chi connectivity index (χ1v) is 1.91. The molecule has 0 N–H and O–H groups in total.